The molecule has 4 heterocycles. The summed E-state index contributed by atoms with van der Waals surface area (Å²) in [7, 11) is 0. The highest BCUT2D eigenvalue weighted by Gasteiger charge is 2.20. The maximum Gasteiger partial charge on any atom is 0.240 e. The summed E-state index contributed by atoms with van der Waals surface area (Å²) in [5, 5.41) is 9.19. The van der Waals surface area contributed by atoms with Crippen molar-refractivity contribution in [3.8, 4) is 0 Å². The molecule has 1 aliphatic rings. The SMILES string of the molecule is CCSc1nc(N2CCOCC2)c2cnn(CCNC(=O)Cn3cnc4ccccc43)c2n1. The van der Waals surface area contributed by atoms with E-state index in [2.05, 4.69) is 27.2 Å². The summed E-state index contributed by atoms with van der Waals surface area (Å²) in [6.07, 6.45) is 3.52. The quantitative estimate of drug-likeness (QED) is 0.310. The van der Waals surface area contributed by atoms with Crippen molar-refractivity contribution in [2.24, 2.45) is 0 Å². The zero-order chi connectivity index (χ0) is 22.6. The van der Waals surface area contributed by atoms with Crippen LogP contribution in [0, 0.1) is 0 Å². The first kappa shape index (κ1) is 21.7. The van der Waals surface area contributed by atoms with Gasteiger partial charge < -0.3 is 19.5 Å². The summed E-state index contributed by atoms with van der Waals surface area (Å²) in [6.45, 7) is 6.26. The van der Waals surface area contributed by atoms with Crippen LogP contribution in [-0.2, 0) is 22.6 Å². The molecule has 172 valence electrons. The number of amides is 1. The number of hydrogen-bond acceptors (Lipinski definition) is 8. The summed E-state index contributed by atoms with van der Waals surface area (Å²) in [4.78, 5) is 28.6. The van der Waals surface area contributed by atoms with Crippen LogP contribution in [0.5, 0.6) is 0 Å². The van der Waals surface area contributed by atoms with Crippen molar-refractivity contribution in [3.63, 3.8) is 0 Å². The van der Waals surface area contributed by atoms with Crippen molar-refractivity contribution < 1.29 is 9.53 Å². The molecule has 0 atom stereocenters. The molecular weight excluding hydrogens is 440 g/mol. The van der Waals surface area contributed by atoms with Crippen LogP contribution in [0.4, 0.5) is 5.82 Å². The number of ether oxygens (including phenoxy) is 1. The molecule has 1 aliphatic heterocycles. The van der Waals surface area contributed by atoms with Crippen molar-refractivity contribution in [2.75, 3.05) is 43.5 Å². The monoisotopic (exact) mass is 466 g/mol. The van der Waals surface area contributed by atoms with Crippen molar-refractivity contribution in [1.29, 1.82) is 0 Å². The molecule has 0 saturated carbocycles. The predicted molar refractivity (Wildman–Crippen MR) is 127 cm³/mol. The molecule has 1 amide bonds. The second-order valence-corrected chi connectivity index (χ2v) is 8.91. The van der Waals surface area contributed by atoms with Crippen LogP contribution < -0.4 is 10.2 Å². The molecule has 1 N–H and O–H groups in total. The highest BCUT2D eigenvalue weighted by Crippen LogP contribution is 2.27. The first-order valence-electron chi connectivity index (χ1n) is 11.1. The van der Waals surface area contributed by atoms with Crippen LogP contribution in [0.25, 0.3) is 22.1 Å². The van der Waals surface area contributed by atoms with E-state index in [4.69, 9.17) is 14.7 Å². The van der Waals surface area contributed by atoms with Gasteiger partial charge in [0.2, 0.25) is 5.91 Å². The molecule has 11 heteroatoms. The van der Waals surface area contributed by atoms with E-state index < -0.39 is 0 Å². The van der Waals surface area contributed by atoms with Crippen LogP contribution in [0.2, 0.25) is 0 Å². The Labute approximate surface area is 195 Å². The minimum Gasteiger partial charge on any atom is -0.378 e. The Balaban J connectivity index is 1.28. The van der Waals surface area contributed by atoms with Gasteiger partial charge in [0.1, 0.15) is 12.4 Å². The molecule has 5 rings (SSSR count). The molecule has 1 fully saturated rings. The van der Waals surface area contributed by atoms with Crippen LogP contribution in [0.15, 0.2) is 41.9 Å². The Bertz CT molecular complexity index is 1260. The van der Waals surface area contributed by atoms with Gasteiger partial charge in [0.25, 0.3) is 0 Å². The van der Waals surface area contributed by atoms with Gasteiger partial charge in [0, 0.05) is 19.6 Å². The molecule has 0 radical (unpaired) electrons. The maximum atomic E-state index is 12.5. The number of carbonyl (C=O) groups is 1. The molecule has 0 aliphatic carbocycles. The Hall–Kier alpha value is -3.18. The first-order chi connectivity index (χ1) is 16.2. The third-order valence-corrected chi connectivity index (χ3v) is 6.26. The maximum absolute atomic E-state index is 12.5. The molecule has 0 unspecified atom stereocenters. The van der Waals surface area contributed by atoms with Gasteiger partial charge in [-0.1, -0.05) is 30.8 Å². The minimum absolute atomic E-state index is 0.0690. The van der Waals surface area contributed by atoms with Crippen LogP contribution in [0.3, 0.4) is 0 Å². The molecular formula is C22H26N8O2S. The normalized spacial score (nSPS) is 14.3. The summed E-state index contributed by atoms with van der Waals surface area (Å²) < 4.78 is 9.19. The predicted octanol–water partition coefficient (Wildman–Crippen LogP) is 1.94. The molecule has 0 bridgehead atoms. The zero-order valence-electron chi connectivity index (χ0n) is 18.5. The number of nitrogens with one attached hydrogen (secondary N) is 1. The van der Waals surface area contributed by atoms with E-state index in [1.165, 1.54) is 0 Å². The van der Waals surface area contributed by atoms with E-state index in [9.17, 15) is 4.79 Å². The number of para-hydroxylation sites is 2. The molecule has 0 spiro atoms. The lowest BCUT2D eigenvalue weighted by Gasteiger charge is -2.28. The number of anilines is 1. The average Bonchev–Trinajstić information content (AvgIpc) is 3.44. The second kappa shape index (κ2) is 9.75. The van der Waals surface area contributed by atoms with Gasteiger partial charge >= 0.3 is 0 Å². The number of carbonyl (C=O) groups excluding carboxylic acids is 1. The average molecular weight is 467 g/mol. The fourth-order valence-corrected chi connectivity index (χ4v) is 4.50. The highest BCUT2D eigenvalue weighted by molar-refractivity contribution is 7.99. The third-order valence-electron chi connectivity index (χ3n) is 5.53. The number of fused-ring (bicyclic) bond motifs is 2. The Morgan fingerprint density at radius 1 is 1.21 bits per heavy atom. The summed E-state index contributed by atoms with van der Waals surface area (Å²) in [5.74, 6) is 1.73. The lowest BCUT2D eigenvalue weighted by molar-refractivity contribution is -0.121. The standard InChI is InChI=1S/C22H26N8O2S/c1-2-33-22-26-20(28-9-11-32-12-10-28)16-13-25-30(21(16)27-22)8-7-23-19(31)14-29-15-24-17-5-3-4-6-18(17)29/h3-6,13,15H,2,7-12,14H2,1H3,(H,23,31). The van der Waals surface area contributed by atoms with E-state index in [0.29, 0.717) is 26.3 Å². The number of imidazole rings is 1. The number of benzene rings is 1. The number of nitrogens with zero attached hydrogens (tertiary/aromatic N) is 7. The molecule has 1 saturated heterocycles. The number of thioether (sulfide) groups is 1. The molecule has 10 nitrogen and oxygen atoms in total. The van der Waals surface area contributed by atoms with Crippen molar-refractivity contribution >= 4 is 45.6 Å². The van der Waals surface area contributed by atoms with E-state index in [1.807, 2.05) is 39.7 Å². The summed E-state index contributed by atoms with van der Waals surface area (Å²) in [6, 6.07) is 7.78. The molecule has 3 aromatic heterocycles. The van der Waals surface area contributed by atoms with Crippen molar-refractivity contribution in [2.45, 2.75) is 25.2 Å². The van der Waals surface area contributed by atoms with Gasteiger partial charge in [-0.3, -0.25) is 4.79 Å². The molecule has 4 aromatic rings. The number of rotatable bonds is 8. The lowest BCUT2D eigenvalue weighted by atomic mass is 10.3. The van der Waals surface area contributed by atoms with E-state index in [0.717, 1.165) is 51.9 Å². The van der Waals surface area contributed by atoms with E-state index in [1.54, 1.807) is 18.1 Å². The van der Waals surface area contributed by atoms with Gasteiger partial charge in [-0.15, -0.1) is 0 Å². The Kier molecular flexibility index (Phi) is 6.40. The van der Waals surface area contributed by atoms with Gasteiger partial charge in [0.15, 0.2) is 10.8 Å². The number of hydrogen-bond donors (Lipinski definition) is 1. The Morgan fingerprint density at radius 2 is 2.06 bits per heavy atom. The van der Waals surface area contributed by atoms with E-state index in [-0.39, 0.29) is 12.5 Å². The molecule has 1 aromatic carbocycles. The lowest BCUT2D eigenvalue weighted by Crippen LogP contribution is -2.37. The van der Waals surface area contributed by atoms with Crippen molar-refractivity contribution in [3.05, 3.63) is 36.8 Å². The number of morpholine rings is 1. The highest BCUT2D eigenvalue weighted by atomic mass is 32.2. The zero-order valence-corrected chi connectivity index (χ0v) is 19.3. The van der Waals surface area contributed by atoms with Gasteiger partial charge in [-0.2, -0.15) is 5.10 Å². The minimum atomic E-state index is -0.0690. The third kappa shape index (κ3) is 4.64. The van der Waals surface area contributed by atoms with Gasteiger partial charge in [-0.25, -0.2) is 19.6 Å². The van der Waals surface area contributed by atoms with Gasteiger partial charge in [-0.05, 0) is 17.9 Å². The second-order valence-electron chi connectivity index (χ2n) is 7.68. The first-order valence-corrected chi connectivity index (χ1v) is 12.1. The van der Waals surface area contributed by atoms with Crippen LogP contribution in [0.1, 0.15) is 6.92 Å². The fraction of sp³-hybridized carbons (Fsp3) is 0.409. The van der Waals surface area contributed by atoms with Crippen LogP contribution >= 0.6 is 11.8 Å². The van der Waals surface area contributed by atoms with Crippen molar-refractivity contribution in [1.82, 2.24) is 34.6 Å². The smallest absolute Gasteiger partial charge is 0.240 e. The van der Waals surface area contributed by atoms with Gasteiger partial charge in [0.05, 0.1) is 48.7 Å². The summed E-state index contributed by atoms with van der Waals surface area (Å²) in [5.41, 5.74) is 2.61. The van der Waals surface area contributed by atoms with E-state index >= 15 is 0 Å². The Morgan fingerprint density at radius 3 is 2.91 bits per heavy atom. The van der Waals surface area contributed by atoms with Crippen LogP contribution in [-0.4, -0.2) is 73.8 Å². The number of aromatic nitrogens is 6. The summed E-state index contributed by atoms with van der Waals surface area (Å²) >= 11 is 1.61. The fourth-order valence-electron chi connectivity index (χ4n) is 3.94. The largest absolute Gasteiger partial charge is 0.378 e. The topological polar surface area (TPSA) is 103 Å². The molecule has 33 heavy (non-hydrogen) atoms.